The van der Waals surface area contributed by atoms with Gasteiger partial charge in [0.15, 0.2) is 0 Å². The molecule has 0 radical (unpaired) electrons. The molecular formula is C66H67N4OPt-3. The van der Waals surface area contributed by atoms with E-state index < -0.39 is 0 Å². The Balaban J connectivity index is 0.00000640. The first-order valence-electron chi connectivity index (χ1n) is 25.1. The molecule has 1 aliphatic heterocycles. The van der Waals surface area contributed by atoms with E-state index in [1.165, 1.54) is 44.3 Å². The summed E-state index contributed by atoms with van der Waals surface area (Å²) in [4.78, 5) is 9.57. The summed E-state index contributed by atoms with van der Waals surface area (Å²) < 4.78 is 9.03. The van der Waals surface area contributed by atoms with Gasteiger partial charge in [0.05, 0.1) is 0 Å². The number of aromatic nitrogens is 2. The number of hydrogen-bond acceptors (Lipinski definition) is 4. The minimum Gasteiger partial charge on any atom is -0.509 e. The summed E-state index contributed by atoms with van der Waals surface area (Å²) >= 11 is 0. The van der Waals surface area contributed by atoms with Gasteiger partial charge in [-0.1, -0.05) is 180 Å². The quantitative estimate of drug-likeness (QED) is 0.135. The van der Waals surface area contributed by atoms with Gasteiger partial charge in [0.2, 0.25) is 0 Å². The Bertz CT molecular complexity index is 3370. The number of hydrogen-bond donors (Lipinski definition) is 0. The molecule has 0 bridgehead atoms. The van der Waals surface area contributed by atoms with Crippen molar-refractivity contribution in [3.8, 4) is 17.3 Å². The van der Waals surface area contributed by atoms with Gasteiger partial charge in [0.25, 0.3) is 0 Å². The van der Waals surface area contributed by atoms with Crippen LogP contribution < -0.4 is 14.5 Å². The Labute approximate surface area is 443 Å². The molecule has 0 N–H and O–H groups in total. The van der Waals surface area contributed by atoms with E-state index in [-0.39, 0.29) is 48.1 Å². The molecule has 10 rings (SSSR count). The summed E-state index contributed by atoms with van der Waals surface area (Å²) in [5.74, 6) is 2.06. The fourth-order valence-electron chi connectivity index (χ4n) is 9.99. The van der Waals surface area contributed by atoms with Gasteiger partial charge in [0, 0.05) is 72.2 Å². The van der Waals surface area contributed by atoms with Crippen LogP contribution in [0.25, 0.3) is 27.6 Å². The second kappa shape index (κ2) is 18.6. The molecule has 7 aromatic carbocycles. The minimum atomic E-state index is -0.271. The summed E-state index contributed by atoms with van der Waals surface area (Å²) in [6.45, 7) is 31.9. The molecule has 9 aromatic rings. The Hall–Kier alpha value is -6.42. The van der Waals surface area contributed by atoms with Gasteiger partial charge in [-0.25, -0.2) is 4.98 Å². The second-order valence-electron chi connectivity index (χ2n) is 23.6. The van der Waals surface area contributed by atoms with Crippen LogP contribution in [-0.2, 0) is 48.1 Å². The summed E-state index contributed by atoms with van der Waals surface area (Å²) in [7, 11) is 0. The van der Waals surface area contributed by atoms with Crippen LogP contribution in [0.15, 0.2) is 164 Å². The van der Waals surface area contributed by atoms with Crippen molar-refractivity contribution in [2.24, 2.45) is 0 Å². The van der Waals surface area contributed by atoms with Crippen molar-refractivity contribution in [2.75, 3.05) is 9.80 Å². The van der Waals surface area contributed by atoms with E-state index in [0.29, 0.717) is 11.5 Å². The topological polar surface area (TPSA) is 33.5 Å². The van der Waals surface area contributed by atoms with Gasteiger partial charge < -0.3 is 19.1 Å². The number of benzene rings is 7. The van der Waals surface area contributed by atoms with Crippen molar-refractivity contribution < 1.29 is 25.8 Å². The zero-order valence-electron chi connectivity index (χ0n) is 44.2. The van der Waals surface area contributed by atoms with E-state index in [1.54, 1.807) is 0 Å². The Morgan fingerprint density at radius 2 is 1.01 bits per heavy atom. The van der Waals surface area contributed by atoms with Gasteiger partial charge in [-0.05, 0) is 103 Å². The Kier molecular flexibility index (Phi) is 13.0. The predicted molar refractivity (Wildman–Crippen MR) is 297 cm³/mol. The van der Waals surface area contributed by atoms with Gasteiger partial charge in [-0.15, -0.1) is 48.1 Å². The van der Waals surface area contributed by atoms with Crippen LogP contribution in [0.1, 0.15) is 129 Å². The van der Waals surface area contributed by atoms with Crippen molar-refractivity contribution in [2.45, 2.75) is 117 Å². The number of fused-ring (bicyclic) bond motifs is 4. The van der Waals surface area contributed by atoms with Gasteiger partial charge in [0.1, 0.15) is 5.82 Å². The average Bonchev–Trinajstić information content (AvgIpc) is 3.89. The monoisotopic (exact) mass is 1130 g/mol. The van der Waals surface area contributed by atoms with Crippen LogP contribution in [0.5, 0.6) is 11.5 Å². The van der Waals surface area contributed by atoms with E-state index in [1.807, 2.05) is 18.3 Å². The maximum atomic E-state index is 6.80. The van der Waals surface area contributed by atoms with Gasteiger partial charge in [-0.3, -0.25) is 0 Å². The minimum absolute atomic E-state index is 0. The maximum Gasteiger partial charge on any atom is 0.135 e. The Morgan fingerprint density at radius 3 is 1.62 bits per heavy atom. The summed E-state index contributed by atoms with van der Waals surface area (Å²) in [6, 6.07) is 64.7. The zero-order valence-corrected chi connectivity index (χ0v) is 46.5. The van der Waals surface area contributed by atoms with Gasteiger partial charge >= 0.3 is 0 Å². The van der Waals surface area contributed by atoms with Crippen LogP contribution in [0, 0.1) is 18.8 Å². The third kappa shape index (κ3) is 9.42. The third-order valence-corrected chi connectivity index (χ3v) is 14.8. The standard InChI is InChI=1S/C66H67N4O.Pt/c1-62(2,3)46-27-31-57-56(38-46)55-30-29-54(42-59(55)70(57)61-40-48(33-34-67-61)64(7,8)9)71-53-26-20-25-51(41-53)68-43-69(58-32-28-47(39-60(58)68)63(4,5)6)52-36-49(65(10,11)44-21-16-14-17-22-44)35-50(37-52)66(12,13)45-23-18-15-19-24-45;/h14-40,43H,1-13H3;/q-3;. The van der Waals surface area contributed by atoms with Crippen LogP contribution in [0.4, 0.5) is 22.7 Å². The molecule has 0 amide bonds. The molecule has 0 aliphatic carbocycles. The fourth-order valence-corrected chi connectivity index (χ4v) is 9.99. The van der Waals surface area contributed by atoms with Crippen LogP contribution in [0.2, 0.25) is 0 Å². The third-order valence-electron chi connectivity index (χ3n) is 14.8. The van der Waals surface area contributed by atoms with Crippen molar-refractivity contribution >= 4 is 44.6 Å². The van der Waals surface area contributed by atoms with E-state index in [9.17, 15) is 0 Å². The smallest absolute Gasteiger partial charge is 0.135 e. The first kappa shape index (κ1) is 50.5. The largest absolute Gasteiger partial charge is 0.509 e. The molecule has 72 heavy (non-hydrogen) atoms. The van der Waals surface area contributed by atoms with Crippen LogP contribution >= 0.6 is 0 Å². The van der Waals surface area contributed by atoms with Crippen molar-refractivity contribution in [3.63, 3.8) is 0 Å². The molecule has 0 spiro atoms. The number of anilines is 4. The number of nitrogens with zero attached hydrogens (tertiary/aromatic N) is 4. The van der Waals surface area contributed by atoms with E-state index in [0.717, 1.165) is 45.0 Å². The molecule has 5 nitrogen and oxygen atoms in total. The number of ether oxygens (including phenoxy) is 1. The molecule has 0 saturated carbocycles. The van der Waals surface area contributed by atoms with Crippen molar-refractivity contribution in [3.05, 3.63) is 222 Å². The van der Waals surface area contributed by atoms with E-state index in [2.05, 4.69) is 269 Å². The zero-order chi connectivity index (χ0) is 50.3. The molecule has 0 unspecified atom stereocenters. The second-order valence-corrected chi connectivity index (χ2v) is 23.6. The fraction of sp³-hybridized carbons (Fsp3) is 0.273. The number of pyridine rings is 1. The van der Waals surface area contributed by atoms with Gasteiger partial charge in [-0.2, -0.15) is 12.1 Å². The van der Waals surface area contributed by atoms with Crippen molar-refractivity contribution in [1.82, 2.24) is 9.55 Å². The van der Waals surface area contributed by atoms with Crippen molar-refractivity contribution in [1.29, 1.82) is 0 Å². The van der Waals surface area contributed by atoms with E-state index >= 15 is 0 Å². The SMILES string of the molecule is CC(C)(C)c1ccnc(-n2c3[c-]c(Oc4[c-]c(N5[CH-]N(c6cc(C(C)(C)c7ccccc7)cc(C(C)(C)c7ccccc7)c6)c6ccc(C(C)(C)C)cc65)ccc4)ccc3c3cc(C(C)(C)C)ccc32)c1.[Pt]. The maximum absolute atomic E-state index is 6.80. The summed E-state index contributed by atoms with van der Waals surface area (Å²) in [5.41, 5.74) is 14.3. The van der Waals surface area contributed by atoms with Crippen LogP contribution in [-0.4, -0.2) is 9.55 Å². The first-order valence-corrected chi connectivity index (χ1v) is 25.1. The summed E-state index contributed by atoms with van der Waals surface area (Å²) in [6.07, 6.45) is 1.92. The van der Waals surface area contributed by atoms with E-state index in [4.69, 9.17) is 9.72 Å². The number of rotatable bonds is 9. The first-order chi connectivity index (χ1) is 33.6. The molecule has 0 atom stereocenters. The Morgan fingerprint density at radius 1 is 0.444 bits per heavy atom. The molecule has 3 heterocycles. The molecule has 370 valence electrons. The molecule has 0 fully saturated rings. The summed E-state index contributed by atoms with van der Waals surface area (Å²) in [5, 5.41) is 2.27. The van der Waals surface area contributed by atoms with Crippen LogP contribution in [0.3, 0.4) is 0 Å². The normalized spacial score (nSPS) is 13.4. The molecule has 0 saturated heterocycles. The predicted octanol–water partition coefficient (Wildman–Crippen LogP) is 17.5. The average molecular weight is 1130 g/mol. The molecule has 6 heteroatoms. The molecule has 2 aromatic heterocycles. The molecular weight excluding hydrogens is 1060 g/mol. The molecule has 1 aliphatic rings.